The van der Waals surface area contributed by atoms with Gasteiger partial charge >= 0.3 is 5.97 Å². The highest BCUT2D eigenvalue weighted by Crippen LogP contribution is 2.43. The summed E-state index contributed by atoms with van der Waals surface area (Å²) in [7, 11) is 1.63. The standard InChI is InChI=1S/C19H25NO4/c1-24-16-8-6-15(7-9-16)19(10-2-3-11-19)18(23)20-12-4-5-14(13-20)17(21)22/h6-9,14H,2-5,10-13H2,1H3,(H,21,22)/t14-/m0/s1. The predicted molar refractivity (Wildman–Crippen MR) is 90.1 cm³/mol. The maximum atomic E-state index is 13.3. The second-order valence-electron chi connectivity index (χ2n) is 6.95. The molecule has 5 heteroatoms. The zero-order valence-corrected chi connectivity index (χ0v) is 14.2. The van der Waals surface area contributed by atoms with Crippen molar-refractivity contribution in [2.45, 2.75) is 43.9 Å². The highest BCUT2D eigenvalue weighted by molar-refractivity contribution is 5.89. The largest absolute Gasteiger partial charge is 0.497 e. The number of benzene rings is 1. The first-order valence-electron chi connectivity index (χ1n) is 8.73. The van der Waals surface area contributed by atoms with Crippen LogP contribution in [0.2, 0.25) is 0 Å². The summed E-state index contributed by atoms with van der Waals surface area (Å²) in [4.78, 5) is 26.4. The second-order valence-corrected chi connectivity index (χ2v) is 6.95. The van der Waals surface area contributed by atoms with E-state index in [2.05, 4.69) is 0 Å². The van der Waals surface area contributed by atoms with Crippen LogP contribution < -0.4 is 4.74 Å². The molecule has 1 aromatic rings. The first kappa shape index (κ1) is 16.8. The lowest BCUT2D eigenvalue weighted by Crippen LogP contribution is -2.50. The van der Waals surface area contributed by atoms with Gasteiger partial charge in [0.2, 0.25) is 5.91 Å². The van der Waals surface area contributed by atoms with Crippen molar-refractivity contribution in [3.63, 3.8) is 0 Å². The first-order valence-corrected chi connectivity index (χ1v) is 8.73. The van der Waals surface area contributed by atoms with Gasteiger partial charge in [-0.1, -0.05) is 25.0 Å². The van der Waals surface area contributed by atoms with Crippen LogP contribution >= 0.6 is 0 Å². The first-order chi connectivity index (χ1) is 11.6. The summed E-state index contributed by atoms with van der Waals surface area (Å²) in [5.41, 5.74) is 0.537. The molecule has 0 unspecified atom stereocenters. The molecule has 130 valence electrons. The minimum atomic E-state index is -0.794. The van der Waals surface area contributed by atoms with Crippen molar-refractivity contribution in [1.29, 1.82) is 0 Å². The normalized spacial score (nSPS) is 23.0. The molecular formula is C19H25NO4. The number of hydrogen-bond donors (Lipinski definition) is 1. The van der Waals surface area contributed by atoms with Crippen molar-refractivity contribution in [2.75, 3.05) is 20.2 Å². The van der Waals surface area contributed by atoms with Crippen LogP contribution in [0.4, 0.5) is 0 Å². The summed E-state index contributed by atoms with van der Waals surface area (Å²) >= 11 is 0. The Bertz CT molecular complexity index is 604. The number of rotatable bonds is 4. The maximum absolute atomic E-state index is 13.3. The lowest BCUT2D eigenvalue weighted by Gasteiger charge is -2.38. The van der Waals surface area contributed by atoms with E-state index in [4.69, 9.17) is 4.74 Å². The second kappa shape index (κ2) is 6.83. The van der Waals surface area contributed by atoms with Crippen molar-refractivity contribution >= 4 is 11.9 Å². The number of amides is 1. The summed E-state index contributed by atoms with van der Waals surface area (Å²) in [5, 5.41) is 9.29. The molecule has 0 radical (unpaired) electrons. The average Bonchev–Trinajstić information content (AvgIpc) is 3.12. The molecule has 1 saturated heterocycles. The SMILES string of the molecule is COc1ccc(C2(C(=O)N3CCC[C@H](C(=O)O)C3)CCCC2)cc1. The Kier molecular flexibility index (Phi) is 4.78. The molecule has 1 aliphatic carbocycles. The van der Waals surface area contributed by atoms with Gasteiger partial charge in [-0.3, -0.25) is 9.59 Å². The van der Waals surface area contributed by atoms with E-state index >= 15 is 0 Å². The zero-order valence-electron chi connectivity index (χ0n) is 14.2. The quantitative estimate of drug-likeness (QED) is 0.921. The molecule has 0 spiro atoms. The summed E-state index contributed by atoms with van der Waals surface area (Å²) < 4.78 is 5.22. The number of ether oxygens (including phenoxy) is 1. The van der Waals surface area contributed by atoms with E-state index in [1.807, 2.05) is 24.3 Å². The molecule has 1 aliphatic heterocycles. The fraction of sp³-hybridized carbons (Fsp3) is 0.579. The molecule has 0 aromatic heterocycles. The van der Waals surface area contributed by atoms with Gasteiger partial charge in [0.15, 0.2) is 0 Å². The molecular weight excluding hydrogens is 306 g/mol. The van der Waals surface area contributed by atoms with Crippen LogP contribution in [0.5, 0.6) is 5.75 Å². The molecule has 2 aliphatic rings. The summed E-state index contributed by atoms with van der Waals surface area (Å²) in [6, 6.07) is 7.78. The third kappa shape index (κ3) is 2.99. The molecule has 2 fully saturated rings. The van der Waals surface area contributed by atoms with E-state index in [0.29, 0.717) is 19.5 Å². The van der Waals surface area contributed by atoms with Crippen molar-refractivity contribution in [3.05, 3.63) is 29.8 Å². The average molecular weight is 331 g/mol. The minimum absolute atomic E-state index is 0.108. The van der Waals surface area contributed by atoms with Gasteiger partial charge in [-0.15, -0.1) is 0 Å². The Morgan fingerprint density at radius 3 is 2.42 bits per heavy atom. The third-order valence-corrected chi connectivity index (χ3v) is 5.57. The summed E-state index contributed by atoms with van der Waals surface area (Å²) in [6.07, 6.45) is 5.18. The number of carbonyl (C=O) groups excluding carboxylic acids is 1. The smallest absolute Gasteiger partial charge is 0.308 e. The zero-order chi connectivity index (χ0) is 17.2. The van der Waals surface area contributed by atoms with E-state index in [1.54, 1.807) is 12.0 Å². The van der Waals surface area contributed by atoms with Gasteiger partial charge < -0.3 is 14.7 Å². The molecule has 5 nitrogen and oxygen atoms in total. The highest BCUT2D eigenvalue weighted by Gasteiger charge is 2.46. The van der Waals surface area contributed by atoms with E-state index in [9.17, 15) is 14.7 Å². The van der Waals surface area contributed by atoms with Crippen LogP contribution in [0.15, 0.2) is 24.3 Å². The van der Waals surface area contributed by atoms with Crippen LogP contribution in [-0.2, 0) is 15.0 Å². The molecule has 1 atom stereocenters. The van der Waals surface area contributed by atoms with Gasteiger partial charge in [0.1, 0.15) is 5.75 Å². The maximum Gasteiger partial charge on any atom is 0.308 e. The van der Waals surface area contributed by atoms with Crippen molar-refractivity contribution < 1.29 is 19.4 Å². The number of likely N-dealkylation sites (tertiary alicyclic amines) is 1. The van der Waals surface area contributed by atoms with Crippen molar-refractivity contribution in [1.82, 2.24) is 4.90 Å². The molecule has 1 N–H and O–H groups in total. The van der Waals surface area contributed by atoms with Gasteiger partial charge in [0.05, 0.1) is 18.4 Å². The Morgan fingerprint density at radius 2 is 1.83 bits per heavy atom. The number of carbonyl (C=O) groups is 2. The molecule has 0 bridgehead atoms. The minimum Gasteiger partial charge on any atom is -0.497 e. The number of nitrogens with zero attached hydrogens (tertiary/aromatic N) is 1. The molecule has 1 heterocycles. The number of hydrogen-bond acceptors (Lipinski definition) is 3. The fourth-order valence-corrected chi connectivity index (χ4v) is 4.18. The number of carboxylic acid groups (broad SMARTS) is 1. The lowest BCUT2D eigenvalue weighted by molar-refractivity contribution is -0.147. The Balaban J connectivity index is 1.86. The lowest BCUT2D eigenvalue weighted by atomic mass is 9.77. The number of piperidine rings is 1. The Labute approximate surface area is 142 Å². The van der Waals surface area contributed by atoms with Crippen molar-refractivity contribution in [3.8, 4) is 5.75 Å². The van der Waals surface area contributed by atoms with Crippen molar-refractivity contribution in [2.24, 2.45) is 5.92 Å². The third-order valence-electron chi connectivity index (χ3n) is 5.57. The monoisotopic (exact) mass is 331 g/mol. The summed E-state index contributed by atoms with van der Waals surface area (Å²) in [5.74, 6) is -0.339. The molecule has 3 rings (SSSR count). The van der Waals surface area contributed by atoms with Crippen LogP contribution in [0.25, 0.3) is 0 Å². The molecule has 24 heavy (non-hydrogen) atoms. The highest BCUT2D eigenvalue weighted by atomic mass is 16.5. The molecule has 1 saturated carbocycles. The van der Waals surface area contributed by atoms with Gasteiger partial charge in [-0.05, 0) is 43.4 Å². The fourth-order valence-electron chi connectivity index (χ4n) is 4.18. The number of carboxylic acids is 1. The Morgan fingerprint density at radius 1 is 1.17 bits per heavy atom. The van der Waals surface area contributed by atoms with Gasteiger partial charge in [0.25, 0.3) is 0 Å². The van der Waals surface area contributed by atoms with E-state index in [-0.39, 0.29) is 5.91 Å². The Hall–Kier alpha value is -2.04. The number of aliphatic carboxylic acids is 1. The van der Waals surface area contributed by atoms with E-state index in [1.165, 1.54) is 0 Å². The van der Waals surface area contributed by atoms with Crippen LogP contribution in [0.1, 0.15) is 44.1 Å². The van der Waals surface area contributed by atoms with E-state index in [0.717, 1.165) is 43.4 Å². The molecule has 1 amide bonds. The number of methoxy groups -OCH3 is 1. The predicted octanol–water partition coefficient (Wildman–Crippen LogP) is 2.83. The van der Waals surface area contributed by atoms with Crippen LogP contribution in [0, 0.1) is 5.92 Å². The summed E-state index contributed by atoms with van der Waals surface area (Å²) in [6.45, 7) is 1.01. The topological polar surface area (TPSA) is 66.8 Å². The van der Waals surface area contributed by atoms with E-state index < -0.39 is 17.3 Å². The van der Waals surface area contributed by atoms with Crippen LogP contribution in [-0.4, -0.2) is 42.1 Å². The van der Waals surface area contributed by atoms with Crippen LogP contribution in [0.3, 0.4) is 0 Å². The van der Waals surface area contributed by atoms with Gasteiger partial charge in [0, 0.05) is 13.1 Å². The van der Waals surface area contributed by atoms with Gasteiger partial charge in [-0.2, -0.15) is 0 Å². The van der Waals surface area contributed by atoms with Gasteiger partial charge in [-0.25, -0.2) is 0 Å². The molecule has 1 aromatic carbocycles.